The topological polar surface area (TPSA) is 52.6 Å². The smallest absolute Gasteiger partial charge is 0.344 e. The lowest BCUT2D eigenvalue weighted by Crippen LogP contribution is -2.35. The van der Waals surface area contributed by atoms with Crippen molar-refractivity contribution in [3.8, 4) is 0 Å². The van der Waals surface area contributed by atoms with Crippen LogP contribution in [0.3, 0.4) is 0 Å². The predicted octanol–water partition coefficient (Wildman–Crippen LogP) is 3.75. The molecule has 0 heterocycles. The Bertz CT molecular complexity index is 556. The van der Waals surface area contributed by atoms with Crippen molar-refractivity contribution in [3.63, 3.8) is 0 Å². The summed E-state index contributed by atoms with van der Waals surface area (Å²) in [5.74, 6) is -1.02. The Morgan fingerprint density at radius 2 is 2.00 bits per heavy atom. The van der Waals surface area contributed by atoms with E-state index in [1.807, 2.05) is 13.0 Å². The van der Waals surface area contributed by atoms with Gasteiger partial charge in [0.2, 0.25) is 0 Å². The normalized spacial score (nSPS) is 16.6. The average molecular weight is 302 g/mol. The van der Waals surface area contributed by atoms with Gasteiger partial charge in [-0.15, -0.1) is 0 Å². The van der Waals surface area contributed by atoms with Crippen LogP contribution in [-0.2, 0) is 14.3 Å². The van der Waals surface area contributed by atoms with Gasteiger partial charge in [-0.1, -0.05) is 31.2 Å². The van der Waals surface area contributed by atoms with Crippen LogP contribution in [0.4, 0.5) is 0 Å². The monoisotopic (exact) mass is 302 g/mol. The van der Waals surface area contributed by atoms with Crippen LogP contribution in [-0.4, -0.2) is 24.1 Å². The molecule has 2 rings (SSSR count). The molecule has 0 N–H and O–H groups in total. The summed E-state index contributed by atoms with van der Waals surface area (Å²) < 4.78 is 10.5. The third-order valence-corrected chi connectivity index (χ3v) is 3.95. The van der Waals surface area contributed by atoms with Gasteiger partial charge in [0.1, 0.15) is 5.60 Å². The van der Waals surface area contributed by atoms with Gasteiger partial charge in [0.05, 0.1) is 5.56 Å². The van der Waals surface area contributed by atoms with Crippen molar-refractivity contribution in [1.29, 1.82) is 0 Å². The first-order valence-corrected chi connectivity index (χ1v) is 7.64. The second-order valence-electron chi connectivity index (χ2n) is 5.89. The fourth-order valence-corrected chi connectivity index (χ4v) is 2.71. The summed E-state index contributed by atoms with van der Waals surface area (Å²) in [6, 6.07) is 6.89. The zero-order valence-corrected chi connectivity index (χ0v) is 13.0. The molecule has 4 nitrogen and oxygen atoms in total. The van der Waals surface area contributed by atoms with Crippen LogP contribution in [0, 0.1) is 0 Å². The molecule has 1 fully saturated rings. The van der Waals surface area contributed by atoms with E-state index in [1.54, 1.807) is 24.3 Å². The number of carbonyl (C=O) groups is 2. The molecule has 0 atom stereocenters. The molecule has 1 saturated carbocycles. The van der Waals surface area contributed by atoms with E-state index in [-0.39, 0.29) is 6.61 Å². The van der Waals surface area contributed by atoms with Crippen molar-refractivity contribution in [2.45, 2.75) is 44.6 Å². The predicted molar refractivity (Wildman–Crippen MR) is 84.4 cm³/mol. The summed E-state index contributed by atoms with van der Waals surface area (Å²) in [5, 5.41) is 0. The molecule has 118 valence electrons. The third kappa shape index (κ3) is 4.45. The quantitative estimate of drug-likeness (QED) is 0.777. The van der Waals surface area contributed by atoms with E-state index in [9.17, 15) is 9.59 Å². The van der Waals surface area contributed by atoms with Gasteiger partial charge in [-0.2, -0.15) is 0 Å². The van der Waals surface area contributed by atoms with E-state index in [0.29, 0.717) is 5.56 Å². The summed E-state index contributed by atoms with van der Waals surface area (Å²) in [6.07, 6.45) is 6.70. The molecular weight excluding hydrogens is 280 g/mol. The van der Waals surface area contributed by atoms with Gasteiger partial charge in [0.25, 0.3) is 0 Å². The lowest BCUT2D eigenvalue weighted by molar-refractivity contribution is -0.164. The molecule has 1 aliphatic carbocycles. The molecule has 4 heteroatoms. The summed E-state index contributed by atoms with van der Waals surface area (Å²) in [7, 11) is 0. The maximum atomic E-state index is 11.9. The molecule has 1 aliphatic rings. The Hall–Kier alpha value is -2.10. The summed E-state index contributed by atoms with van der Waals surface area (Å²) in [4.78, 5) is 23.8. The zero-order valence-electron chi connectivity index (χ0n) is 13.0. The van der Waals surface area contributed by atoms with Crippen molar-refractivity contribution in [1.82, 2.24) is 0 Å². The lowest BCUT2D eigenvalue weighted by atomic mass is 9.86. The van der Waals surface area contributed by atoms with E-state index in [0.717, 1.165) is 31.2 Å². The number of rotatable bonds is 5. The first-order valence-electron chi connectivity index (χ1n) is 7.64. The van der Waals surface area contributed by atoms with Crippen molar-refractivity contribution >= 4 is 18.0 Å². The first-order chi connectivity index (χ1) is 10.5. The van der Waals surface area contributed by atoms with Crippen LogP contribution in [0.5, 0.6) is 0 Å². The Morgan fingerprint density at radius 1 is 1.27 bits per heavy atom. The molecule has 0 aliphatic heterocycles. The van der Waals surface area contributed by atoms with Gasteiger partial charge in [0.15, 0.2) is 6.61 Å². The van der Waals surface area contributed by atoms with Crippen LogP contribution in [0.2, 0.25) is 0 Å². The fourth-order valence-electron chi connectivity index (χ4n) is 2.71. The van der Waals surface area contributed by atoms with Gasteiger partial charge in [-0.3, -0.25) is 0 Å². The van der Waals surface area contributed by atoms with Crippen LogP contribution in [0.25, 0.3) is 6.08 Å². The third-order valence-electron chi connectivity index (χ3n) is 3.95. The lowest BCUT2D eigenvalue weighted by Gasteiger charge is -2.33. The number of ether oxygens (including phenoxy) is 2. The van der Waals surface area contributed by atoms with Crippen LogP contribution < -0.4 is 0 Å². The number of esters is 2. The van der Waals surface area contributed by atoms with Crippen LogP contribution >= 0.6 is 0 Å². The summed E-state index contributed by atoms with van der Waals surface area (Å²) in [5.41, 5.74) is 0.811. The Kier molecular flexibility index (Phi) is 5.36. The first kappa shape index (κ1) is 16.3. The summed E-state index contributed by atoms with van der Waals surface area (Å²) >= 11 is 0. The Labute approximate surface area is 131 Å². The maximum absolute atomic E-state index is 11.9. The van der Waals surface area contributed by atoms with E-state index in [4.69, 9.17) is 9.47 Å². The minimum absolute atomic E-state index is 0.354. The highest BCUT2D eigenvalue weighted by Crippen LogP contribution is 2.31. The average Bonchev–Trinajstić information content (AvgIpc) is 2.53. The number of hydrogen-bond acceptors (Lipinski definition) is 4. The zero-order chi connectivity index (χ0) is 16.0. The van der Waals surface area contributed by atoms with Crippen LogP contribution in [0.15, 0.2) is 30.8 Å². The molecule has 0 saturated heterocycles. The molecule has 1 aromatic rings. The van der Waals surface area contributed by atoms with E-state index < -0.39 is 17.5 Å². The SMILES string of the molecule is C=Cc1cccc(C(=O)OCC(=O)OC2(C)CCCCC2)c1. The van der Waals surface area contributed by atoms with Gasteiger partial charge >= 0.3 is 11.9 Å². The molecule has 1 aromatic carbocycles. The van der Waals surface area contributed by atoms with Crippen molar-refractivity contribution in [3.05, 3.63) is 42.0 Å². The molecule has 0 radical (unpaired) electrons. The number of hydrogen-bond donors (Lipinski definition) is 0. The second kappa shape index (κ2) is 7.25. The summed E-state index contributed by atoms with van der Waals surface area (Å²) in [6.45, 7) is 5.24. The minimum Gasteiger partial charge on any atom is -0.457 e. The van der Waals surface area contributed by atoms with E-state index in [1.165, 1.54) is 6.42 Å². The molecule has 22 heavy (non-hydrogen) atoms. The number of carbonyl (C=O) groups excluding carboxylic acids is 2. The highest BCUT2D eigenvalue weighted by atomic mass is 16.6. The van der Waals surface area contributed by atoms with Gasteiger partial charge in [-0.25, -0.2) is 9.59 Å². The van der Waals surface area contributed by atoms with E-state index in [2.05, 4.69) is 6.58 Å². The van der Waals surface area contributed by atoms with Gasteiger partial charge in [0, 0.05) is 0 Å². The Balaban J connectivity index is 1.85. The molecule has 0 bridgehead atoms. The van der Waals surface area contributed by atoms with Gasteiger partial charge in [-0.05, 0) is 50.3 Å². The van der Waals surface area contributed by atoms with E-state index >= 15 is 0 Å². The molecule has 0 spiro atoms. The van der Waals surface area contributed by atoms with Crippen LogP contribution in [0.1, 0.15) is 54.9 Å². The second-order valence-corrected chi connectivity index (χ2v) is 5.89. The molecule has 0 amide bonds. The minimum atomic E-state index is -0.533. The van der Waals surface area contributed by atoms with Crippen molar-refractivity contribution in [2.24, 2.45) is 0 Å². The number of benzene rings is 1. The highest BCUT2D eigenvalue weighted by molar-refractivity contribution is 5.91. The van der Waals surface area contributed by atoms with Crippen molar-refractivity contribution in [2.75, 3.05) is 6.61 Å². The van der Waals surface area contributed by atoms with Gasteiger partial charge < -0.3 is 9.47 Å². The maximum Gasteiger partial charge on any atom is 0.344 e. The Morgan fingerprint density at radius 3 is 2.68 bits per heavy atom. The van der Waals surface area contributed by atoms with Crippen molar-refractivity contribution < 1.29 is 19.1 Å². The fraction of sp³-hybridized carbons (Fsp3) is 0.444. The molecule has 0 unspecified atom stereocenters. The largest absolute Gasteiger partial charge is 0.457 e. The molecule has 0 aromatic heterocycles. The highest BCUT2D eigenvalue weighted by Gasteiger charge is 2.31. The molecular formula is C18H22O4. The standard InChI is InChI=1S/C18H22O4/c1-3-14-8-7-9-15(12-14)17(20)21-13-16(19)22-18(2)10-5-4-6-11-18/h3,7-9,12H,1,4-6,10-11,13H2,2H3.